The SMILES string of the molecule is Cc1cc([N+](=O)[O-])ccc1Oc1nc(Cl)ccc1[N+](=O)[O-]. The summed E-state index contributed by atoms with van der Waals surface area (Å²) < 4.78 is 5.36. The number of hydrogen-bond acceptors (Lipinski definition) is 6. The summed E-state index contributed by atoms with van der Waals surface area (Å²) >= 11 is 5.69. The number of nitrogens with zero attached hydrogens (tertiary/aromatic N) is 3. The minimum absolute atomic E-state index is 0.0372. The number of aromatic nitrogens is 1. The molecule has 0 aliphatic carbocycles. The van der Waals surface area contributed by atoms with Crippen molar-refractivity contribution in [3.63, 3.8) is 0 Å². The fourth-order valence-electron chi connectivity index (χ4n) is 1.59. The molecule has 1 aromatic carbocycles. The number of hydrogen-bond donors (Lipinski definition) is 0. The van der Waals surface area contributed by atoms with E-state index in [1.165, 1.54) is 30.3 Å². The van der Waals surface area contributed by atoms with Crippen LogP contribution in [-0.4, -0.2) is 14.8 Å². The van der Waals surface area contributed by atoms with Gasteiger partial charge in [-0.3, -0.25) is 20.2 Å². The van der Waals surface area contributed by atoms with E-state index in [4.69, 9.17) is 16.3 Å². The van der Waals surface area contributed by atoms with Crippen LogP contribution in [0.3, 0.4) is 0 Å². The maximum absolute atomic E-state index is 10.9. The fourth-order valence-corrected chi connectivity index (χ4v) is 1.73. The lowest BCUT2D eigenvalue weighted by molar-refractivity contribution is -0.386. The molecule has 0 unspecified atom stereocenters. The molecule has 21 heavy (non-hydrogen) atoms. The van der Waals surface area contributed by atoms with Crippen molar-refractivity contribution >= 4 is 23.0 Å². The van der Waals surface area contributed by atoms with Crippen LogP contribution in [0.1, 0.15) is 5.56 Å². The molecule has 2 rings (SSSR count). The van der Waals surface area contributed by atoms with E-state index < -0.39 is 9.85 Å². The lowest BCUT2D eigenvalue weighted by Gasteiger charge is -2.08. The van der Waals surface area contributed by atoms with Crippen LogP contribution in [0.4, 0.5) is 11.4 Å². The number of benzene rings is 1. The van der Waals surface area contributed by atoms with Crippen molar-refractivity contribution < 1.29 is 14.6 Å². The lowest BCUT2D eigenvalue weighted by atomic mass is 10.2. The molecule has 0 atom stereocenters. The standard InChI is InChI=1S/C12H8ClN3O5/c1-7-6-8(15(17)18)2-4-10(7)21-12-9(16(19)20)3-5-11(13)14-12/h2-6H,1H3. The van der Waals surface area contributed by atoms with E-state index in [1.807, 2.05) is 0 Å². The summed E-state index contributed by atoms with van der Waals surface area (Å²) in [4.78, 5) is 24.1. The molecule has 1 heterocycles. The minimum Gasteiger partial charge on any atom is -0.433 e. The molecule has 2 aromatic rings. The van der Waals surface area contributed by atoms with E-state index >= 15 is 0 Å². The van der Waals surface area contributed by atoms with Gasteiger partial charge in [-0.2, -0.15) is 4.98 Å². The van der Waals surface area contributed by atoms with E-state index in [0.29, 0.717) is 5.56 Å². The smallest absolute Gasteiger partial charge is 0.331 e. The molecule has 1 aromatic heterocycles. The van der Waals surface area contributed by atoms with Gasteiger partial charge in [-0.25, -0.2) is 0 Å². The first kappa shape index (κ1) is 14.7. The normalized spacial score (nSPS) is 10.2. The van der Waals surface area contributed by atoms with Gasteiger partial charge in [0.15, 0.2) is 0 Å². The molecule has 0 N–H and O–H groups in total. The second-order valence-corrected chi connectivity index (χ2v) is 4.41. The quantitative estimate of drug-likeness (QED) is 0.484. The van der Waals surface area contributed by atoms with Gasteiger partial charge in [0.2, 0.25) is 0 Å². The van der Waals surface area contributed by atoms with Gasteiger partial charge in [-0.15, -0.1) is 0 Å². The zero-order valence-corrected chi connectivity index (χ0v) is 11.4. The van der Waals surface area contributed by atoms with E-state index in [2.05, 4.69) is 4.98 Å². The number of nitro benzene ring substituents is 1. The average molecular weight is 310 g/mol. The molecule has 9 heteroatoms. The van der Waals surface area contributed by atoms with E-state index in [0.717, 1.165) is 0 Å². The Morgan fingerprint density at radius 3 is 2.43 bits per heavy atom. The van der Waals surface area contributed by atoms with Crippen molar-refractivity contribution in [1.29, 1.82) is 0 Å². The number of halogens is 1. The van der Waals surface area contributed by atoms with Gasteiger partial charge in [0.25, 0.3) is 5.69 Å². The van der Waals surface area contributed by atoms with E-state index in [9.17, 15) is 20.2 Å². The zero-order chi connectivity index (χ0) is 15.6. The largest absolute Gasteiger partial charge is 0.433 e. The second kappa shape index (κ2) is 5.71. The molecule has 108 valence electrons. The number of rotatable bonds is 4. The Morgan fingerprint density at radius 1 is 1.14 bits per heavy atom. The summed E-state index contributed by atoms with van der Waals surface area (Å²) in [6.07, 6.45) is 0. The summed E-state index contributed by atoms with van der Waals surface area (Å²) in [5.74, 6) is -0.0529. The first-order valence-electron chi connectivity index (χ1n) is 5.62. The lowest BCUT2D eigenvalue weighted by Crippen LogP contribution is -1.97. The molecule has 0 fully saturated rings. The van der Waals surface area contributed by atoms with E-state index in [1.54, 1.807) is 6.92 Å². The van der Waals surface area contributed by atoms with Gasteiger partial charge in [-0.1, -0.05) is 11.6 Å². The van der Waals surface area contributed by atoms with Crippen LogP contribution in [0, 0.1) is 27.2 Å². The highest BCUT2D eigenvalue weighted by Gasteiger charge is 2.19. The Morgan fingerprint density at radius 2 is 1.86 bits per heavy atom. The van der Waals surface area contributed by atoms with Crippen molar-refractivity contribution in [2.75, 3.05) is 0 Å². The monoisotopic (exact) mass is 309 g/mol. The first-order valence-corrected chi connectivity index (χ1v) is 6.00. The maximum atomic E-state index is 10.9. The highest BCUT2D eigenvalue weighted by Crippen LogP contribution is 2.33. The third kappa shape index (κ3) is 3.23. The van der Waals surface area contributed by atoms with Gasteiger partial charge >= 0.3 is 11.6 Å². The van der Waals surface area contributed by atoms with Crippen molar-refractivity contribution in [3.05, 3.63) is 61.3 Å². The summed E-state index contributed by atoms with van der Waals surface area (Å²) in [6.45, 7) is 1.58. The van der Waals surface area contributed by atoms with Crippen molar-refractivity contribution in [2.45, 2.75) is 6.92 Å². The molecule has 0 aliphatic heterocycles. The summed E-state index contributed by atoms with van der Waals surface area (Å²) in [5.41, 5.74) is -0.00849. The van der Waals surface area contributed by atoms with Crippen LogP contribution in [0.15, 0.2) is 30.3 Å². The predicted molar refractivity (Wildman–Crippen MR) is 73.8 cm³/mol. The van der Waals surface area contributed by atoms with Crippen LogP contribution in [0.2, 0.25) is 5.15 Å². The van der Waals surface area contributed by atoms with Gasteiger partial charge < -0.3 is 4.74 Å². The van der Waals surface area contributed by atoms with Gasteiger partial charge in [0.05, 0.1) is 9.85 Å². The zero-order valence-electron chi connectivity index (χ0n) is 10.6. The molecule has 0 bridgehead atoms. The molecule has 8 nitrogen and oxygen atoms in total. The maximum Gasteiger partial charge on any atom is 0.331 e. The summed E-state index contributed by atoms with van der Waals surface area (Å²) in [5, 5.41) is 21.6. The molecule has 0 saturated carbocycles. The van der Waals surface area contributed by atoms with E-state index in [-0.39, 0.29) is 28.2 Å². The topological polar surface area (TPSA) is 108 Å². The highest BCUT2D eigenvalue weighted by atomic mass is 35.5. The molecule has 0 saturated heterocycles. The Kier molecular flexibility index (Phi) is 3.99. The van der Waals surface area contributed by atoms with Crippen LogP contribution in [0.5, 0.6) is 11.6 Å². The van der Waals surface area contributed by atoms with Crippen molar-refractivity contribution in [3.8, 4) is 11.6 Å². The number of non-ortho nitro benzene ring substituents is 1. The molecular weight excluding hydrogens is 302 g/mol. The van der Waals surface area contributed by atoms with Crippen molar-refractivity contribution in [2.24, 2.45) is 0 Å². The second-order valence-electron chi connectivity index (χ2n) is 4.02. The first-order chi connectivity index (χ1) is 9.88. The average Bonchev–Trinajstić information content (AvgIpc) is 2.40. The number of ether oxygens (including phenoxy) is 1. The molecule has 0 aliphatic rings. The Balaban J connectivity index is 2.40. The molecule has 0 radical (unpaired) electrons. The Bertz CT molecular complexity index is 735. The van der Waals surface area contributed by atoms with Gasteiger partial charge in [0.1, 0.15) is 10.9 Å². The minimum atomic E-state index is -0.653. The van der Waals surface area contributed by atoms with Crippen molar-refractivity contribution in [1.82, 2.24) is 4.98 Å². The molecule has 0 spiro atoms. The van der Waals surface area contributed by atoms with Crippen LogP contribution >= 0.6 is 11.6 Å². The van der Waals surface area contributed by atoms with Crippen LogP contribution in [0.25, 0.3) is 0 Å². The van der Waals surface area contributed by atoms with Gasteiger partial charge in [-0.05, 0) is 24.6 Å². The van der Waals surface area contributed by atoms with Gasteiger partial charge in [0, 0.05) is 18.2 Å². The summed E-state index contributed by atoms with van der Waals surface area (Å²) in [7, 11) is 0. The Labute approximate surface area is 123 Å². The van der Waals surface area contributed by atoms with Crippen LogP contribution < -0.4 is 4.74 Å². The number of pyridine rings is 1. The predicted octanol–water partition coefficient (Wildman–Crippen LogP) is 3.65. The third-order valence-corrected chi connectivity index (χ3v) is 2.79. The molecular formula is C12H8ClN3O5. The highest BCUT2D eigenvalue weighted by molar-refractivity contribution is 6.29. The number of aryl methyl sites for hydroxylation is 1. The third-order valence-electron chi connectivity index (χ3n) is 2.58. The molecule has 0 amide bonds. The fraction of sp³-hybridized carbons (Fsp3) is 0.0833. The summed E-state index contributed by atoms with van der Waals surface area (Å²) in [6, 6.07) is 6.32. The van der Waals surface area contributed by atoms with Crippen LogP contribution in [-0.2, 0) is 0 Å². The Hall–Kier alpha value is -2.74. The number of nitro groups is 2.